The summed E-state index contributed by atoms with van der Waals surface area (Å²) < 4.78 is 6.13. The molecule has 94 valence electrons. The van der Waals surface area contributed by atoms with E-state index in [9.17, 15) is 0 Å². The van der Waals surface area contributed by atoms with Crippen molar-refractivity contribution in [3.63, 3.8) is 0 Å². The SMILES string of the molecule is CN1CCC2(CC1)C[C@@H]1C[C@@H]3C=C[C@@]1(CN2)O3. The lowest BCUT2D eigenvalue weighted by atomic mass is 9.68. The topological polar surface area (TPSA) is 24.5 Å². The molecule has 0 saturated carbocycles. The van der Waals surface area contributed by atoms with Gasteiger partial charge in [-0.3, -0.25) is 0 Å². The van der Waals surface area contributed by atoms with E-state index in [1.165, 1.54) is 38.8 Å². The second-order valence-corrected chi connectivity index (χ2v) is 6.54. The number of piperidine rings is 2. The summed E-state index contributed by atoms with van der Waals surface area (Å²) >= 11 is 0. The van der Waals surface area contributed by atoms with Crippen molar-refractivity contribution in [1.29, 1.82) is 0 Å². The molecule has 4 aliphatic rings. The maximum atomic E-state index is 6.13. The Morgan fingerprint density at radius 1 is 1.35 bits per heavy atom. The van der Waals surface area contributed by atoms with Gasteiger partial charge >= 0.3 is 0 Å². The number of ether oxygens (including phenoxy) is 1. The number of hydrogen-bond acceptors (Lipinski definition) is 3. The number of hydrogen-bond donors (Lipinski definition) is 1. The maximum Gasteiger partial charge on any atom is 0.102 e. The second kappa shape index (κ2) is 3.34. The van der Waals surface area contributed by atoms with Gasteiger partial charge in [0.2, 0.25) is 0 Å². The predicted octanol–water partition coefficient (Wildman–Crippen LogP) is 1.16. The summed E-state index contributed by atoms with van der Waals surface area (Å²) in [5, 5.41) is 3.84. The summed E-state index contributed by atoms with van der Waals surface area (Å²) in [5.41, 5.74) is 0.489. The molecule has 0 aromatic carbocycles. The monoisotopic (exact) mass is 234 g/mol. The van der Waals surface area contributed by atoms with E-state index in [2.05, 4.69) is 29.4 Å². The molecule has 0 amide bonds. The van der Waals surface area contributed by atoms with E-state index >= 15 is 0 Å². The minimum atomic E-state index is 0.0687. The van der Waals surface area contributed by atoms with Crippen LogP contribution in [0.3, 0.4) is 0 Å². The Morgan fingerprint density at radius 2 is 2.18 bits per heavy atom. The lowest BCUT2D eigenvalue weighted by Crippen LogP contribution is -2.63. The van der Waals surface area contributed by atoms with E-state index in [1.54, 1.807) is 0 Å². The molecule has 2 spiro atoms. The zero-order chi connectivity index (χ0) is 11.5. The summed E-state index contributed by atoms with van der Waals surface area (Å²) in [7, 11) is 2.24. The zero-order valence-corrected chi connectivity index (χ0v) is 10.6. The van der Waals surface area contributed by atoms with Crippen molar-refractivity contribution in [2.45, 2.75) is 42.9 Å². The van der Waals surface area contributed by atoms with E-state index in [-0.39, 0.29) is 5.60 Å². The molecule has 2 bridgehead atoms. The Kier molecular flexibility index (Phi) is 2.07. The van der Waals surface area contributed by atoms with Crippen LogP contribution in [0.1, 0.15) is 25.7 Å². The van der Waals surface area contributed by atoms with Crippen molar-refractivity contribution in [3.8, 4) is 0 Å². The molecule has 3 saturated heterocycles. The van der Waals surface area contributed by atoms with Gasteiger partial charge in [0.15, 0.2) is 0 Å². The van der Waals surface area contributed by atoms with Gasteiger partial charge in [-0.25, -0.2) is 0 Å². The molecular weight excluding hydrogens is 212 g/mol. The molecule has 4 heterocycles. The molecule has 0 radical (unpaired) electrons. The average Bonchev–Trinajstić information content (AvgIpc) is 2.89. The van der Waals surface area contributed by atoms with Crippen LogP contribution in [0.4, 0.5) is 0 Å². The fraction of sp³-hybridized carbons (Fsp3) is 0.857. The second-order valence-electron chi connectivity index (χ2n) is 6.54. The summed E-state index contributed by atoms with van der Waals surface area (Å²) in [5.74, 6) is 0.766. The molecule has 3 heteroatoms. The van der Waals surface area contributed by atoms with Gasteiger partial charge in [-0.05, 0) is 51.7 Å². The van der Waals surface area contributed by atoms with Gasteiger partial charge in [-0.1, -0.05) is 12.2 Å². The molecule has 3 fully saturated rings. The van der Waals surface area contributed by atoms with Crippen molar-refractivity contribution >= 4 is 0 Å². The van der Waals surface area contributed by atoms with Gasteiger partial charge < -0.3 is 15.0 Å². The van der Waals surface area contributed by atoms with Crippen LogP contribution < -0.4 is 5.32 Å². The quantitative estimate of drug-likeness (QED) is 0.637. The normalized spacial score (nSPS) is 47.6. The standard InChI is InChI=1S/C14H22N2O/c1-16-6-4-13(5-7-16)9-11-8-12-2-3-14(11,17-12)10-15-13/h2-3,11-12,15H,4-10H2,1H3/t11-,12-,14-/m0/s1. The molecule has 1 N–H and O–H groups in total. The summed E-state index contributed by atoms with van der Waals surface area (Å²) in [4.78, 5) is 2.45. The third-order valence-corrected chi connectivity index (χ3v) is 5.49. The summed E-state index contributed by atoms with van der Waals surface area (Å²) in [6.45, 7) is 3.52. The molecule has 4 rings (SSSR count). The van der Waals surface area contributed by atoms with Crippen molar-refractivity contribution in [3.05, 3.63) is 12.2 Å². The minimum absolute atomic E-state index is 0.0687. The van der Waals surface area contributed by atoms with E-state index < -0.39 is 0 Å². The summed E-state index contributed by atoms with van der Waals surface area (Å²) in [6.07, 6.45) is 10.2. The number of fused-ring (bicyclic) bond motifs is 1. The number of nitrogens with one attached hydrogen (secondary N) is 1. The van der Waals surface area contributed by atoms with Crippen molar-refractivity contribution in [1.82, 2.24) is 10.2 Å². The fourth-order valence-electron chi connectivity index (χ4n) is 4.27. The highest BCUT2D eigenvalue weighted by atomic mass is 16.5. The van der Waals surface area contributed by atoms with Crippen LogP contribution in [-0.4, -0.2) is 48.8 Å². The van der Waals surface area contributed by atoms with Crippen LogP contribution in [0.5, 0.6) is 0 Å². The van der Waals surface area contributed by atoms with Gasteiger partial charge in [-0.15, -0.1) is 0 Å². The van der Waals surface area contributed by atoms with Crippen LogP contribution in [0, 0.1) is 5.92 Å². The minimum Gasteiger partial charge on any atom is -0.362 e. The first-order valence-corrected chi connectivity index (χ1v) is 7.01. The predicted molar refractivity (Wildman–Crippen MR) is 66.9 cm³/mol. The van der Waals surface area contributed by atoms with Gasteiger partial charge in [0, 0.05) is 12.1 Å². The fourth-order valence-corrected chi connectivity index (χ4v) is 4.27. The Bertz CT molecular complexity index is 359. The Balaban J connectivity index is 1.54. The third-order valence-electron chi connectivity index (χ3n) is 5.49. The number of likely N-dealkylation sites (tertiary alicyclic amines) is 1. The average molecular weight is 234 g/mol. The highest BCUT2D eigenvalue weighted by Gasteiger charge is 2.56. The number of nitrogens with zero attached hydrogens (tertiary/aromatic N) is 1. The van der Waals surface area contributed by atoms with E-state index in [0.717, 1.165) is 12.5 Å². The highest BCUT2D eigenvalue weighted by Crippen LogP contribution is 2.50. The molecule has 0 unspecified atom stereocenters. The first-order chi connectivity index (χ1) is 8.20. The van der Waals surface area contributed by atoms with Crippen molar-refractivity contribution < 1.29 is 4.74 Å². The largest absolute Gasteiger partial charge is 0.362 e. The maximum absolute atomic E-state index is 6.13. The molecule has 3 atom stereocenters. The Labute approximate surface area is 103 Å². The smallest absolute Gasteiger partial charge is 0.102 e. The van der Waals surface area contributed by atoms with Crippen molar-refractivity contribution in [2.24, 2.45) is 5.92 Å². The van der Waals surface area contributed by atoms with E-state index in [4.69, 9.17) is 4.74 Å². The molecule has 0 aliphatic carbocycles. The van der Waals surface area contributed by atoms with Crippen molar-refractivity contribution in [2.75, 3.05) is 26.7 Å². The molecule has 3 nitrogen and oxygen atoms in total. The van der Waals surface area contributed by atoms with Crippen LogP contribution in [0.25, 0.3) is 0 Å². The lowest BCUT2D eigenvalue weighted by Gasteiger charge is -2.50. The van der Waals surface area contributed by atoms with Crippen LogP contribution >= 0.6 is 0 Å². The molecule has 4 aliphatic heterocycles. The molecular formula is C14H22N2O. The third kappa shape index (κ3) is 1.46. The molecule has 0 aromatic heterocycles. The lowest BCUT2D eigenvalue weighted by molar-refractivity contribution is -0.0321. The number of rotatable bonds is 0. The summed E-state index contributed by atoms with van der Waals surface area (Å²) in [6, 6.07) is 0. The first-order valence-electron chi connectivity index (χ1n) is 7.01. The molecule has 0 aromatic rings. The van der Waals surface area contributed by atoms with E-state index in [1.807, 2.05) is 0 Å². The zero-order valence-electron chi connectivity index (χ0n) is 10.6. The van der Waals surface area contributed by atoms with Crippen LogP contribution in [0.15, 0.2) is 12.2 Å². The molecule has 17 heavy (non-hydrogen) atoms. The Hall–Kier alpha value is -0.380. The van der Waals surface area contributed by atoms with E-state index in [0.29, 0.717) is 11.6 Å². The van der Waals surface area contributed by atoms with Crippen LogP contribution in [-0.2, 0) is 4.74 Å². The van der Waals surface area contributed by atoms with Gasteiger partial charge in [0.25, 0.3) is 0 Å². The van der Waals surface area contributed by atoms with Crippen LogP contribution in [0.2, 0.25) is 0 Å². The highest BCUT2D eigenvalue weighted by molar-refractivity contribution is 5.24. The van der Waals surface area contributed by atoms with Gasteiger partial charge in [-0.2, -0.15) is 0 Å². The van der Waals surface area contributed by atoms with Gasteiger partial charge in [0.1, 0.15) is 5.60 Å². The Morgan fingerprint density at radius 3 is 2.94 bits per heavy atom. The van der Waals surface area contributed by atoms with Gasteiger partial charge in [0.05, 0.1) is 6.10 Å². The first kappa shape index (κ1) is 10.5.